The second kappa shape index (κ2) is 8.26. The van der Waals surface area contributed by atoms with Gasteiger partial charge in [-0.2, -0.15) is 0 Å². The molecule has 186 valence electrons. The van der Waals surface area contributed by atoms with E-state index in [-0.39, 0.29) is 35.4 Å². The number of aliphatic hydroxyl groups excluding tert-OH is 3. The van der Waals surface area contributed by atoms with E-state index in [1.54, 1.807) is 0 Å². The van der Waals surface area contributed by atoms with Crippen LogP contribution in [0.3, 0.4) is 0 Å². The van der Waals surface area contributed by atoms with Gasteiger partial charge in [0.2, 0.25) is 0 Å². The van der Waals surface area contributed by atoms with Gasteiger partial charge in [0, 0.05) is 17.3 Å². The molecule has 0 radical (unpaired) electrons. The van der Waals surface area contributed by atoms with Gasteiger partial charge in [0.05, 0.1) is 7.45 Å². The molecule has 0 bridgehead atoms. The Kier molecular flexibility index (Phi) is 4.57. The fourth-order valence-corrected chi connectivity index (χ4v) is 7.54. The zero-order valence-electron chi connectivity index (χ0n) is 24.1. The number of hydrogen-bond acceptors (Lipinski definition) is 7. The van der Waals surface area contributed by atoms with E-state index in [1.165, 1.54) is 0 Å². The summed E-state index contributed by atoms with van der Waals surface area (Å²) in [5.74, 6) is -1.88. The van der Waals surface area contributed by atoms with E-state index in [2.05, 4.69) is 0 Å². The maximum absolute atomic E-state index is 12.7. The van der Waals surface area contributed by atoms with Gasteiger partial charge >= 0.3 is 5.97 Å². The van der Waals surface area contributed by atoms with Gasteiger partial charge in [0.1, 0.15) is 24.1 Å². The molecular weight excluding hydrogens is 428 g/mol. The van der Waals surface area contributed by atoms with Gasteiger partial charge in [0.25, 0.3) is 0 Å². The van der Waals surface area contributed by atoms with Gasteiger partial charge in [-0.15, -0.1) is 0 Å². The third-order valence-electron chi connectivity index (χ3n) is 9.56. The first kappa shape index (κ1) is 18.2. The SMILES string of the molecule is [2H]C1([2H])C[C@@]2(C)[C@H](CC[C@@H]3[C@@H]2CC[C@]2(C)C(=O)CC[C@@H]32)C([2H])([2H])[C@]1([2H])O[C@@H]1O[C@H](C(=O)O)[C@@H](O)[C@H](O)[C@H]1O. The van der Waals surface area contributed by atoms with Crippen LogP contribution in [0.2, 0.25) is 0 Å². The molecule has 4 aliphatic carbocycles. The number of carboxylic acid groups (broad SMARTS) is 1. The molecule has 0 aromatic rings. The van der Waals surface area contributed by atoms with Crippen molar-refractivity contribution in [2.45, 2.75) is 108 Å². The molecule has 33 heavy (non-hydrogen) atoms. The first-order valence-corrected chi connectivity index (χ1v) is 12.1. The average Bonchev–Trinajstić information content (AvgIpc) is 3.12. The molecule has 1 saturated heterocycles. The molecule has 5 fully saturated rings. The Bertz CT molecular complexity index is 1010. The quantitative estimate of drug-likeness (QED) is 0.459. The largest absolute Gasteiger partial charge is 0.479 e. The first-order chi connectivity index (χ1) is 17.4. The van der Waals surface area contributed by atoms with Gasteiger partial charge in [-0.05, 0) is 80.4 Å². The number of carboxylic acids is 1. The van der Waals surface area contributed by atoms with Gasteiger partial charge < -0.3 is 29.9 Å². The number of carbonyl (C=O) groups is 2. The lowest BCUT2D eigenvalue weighted by molar-refractivity contribution is -0.309. The number of aliphatic hydroxyl groups is 3. The molecule has 8 nitrogen and oxygen atoms in total. The van der Waals surface area contributed by atoms with Crippen LogP contribution in [0.1, 0.15) is 78.4 Å². The highest BCUT2D eigenvalue weighted by atomic mass is 16.7. The standard InChI is InChI=1S/C25H38O8/c1-24-9-7-13(32-23-20(29)18(27)19(28)21(33-23)22(30)31)11-12(24)3-4-14-15-5-6-17(26)25(15,2)10-8-16(14)24/h12-16,18-21,23,27-29H,3-11H2,1-2H3,(H,30,31)/t12-,13-,14+,15+,16+,18+,19+,20-,21+,23-,24+,25+/m1/s1/i7D2,11D2,13D. The van der Waals surface area contributed by atoms with Gasteiger partial charge in [-0.3, -0.25) is 4.79 Å². The summed E-state index contributed by atoms with van der Waals surface area (Å²) in [7, 11) is 0. The van der Waals surface area contributed by atoms with E-state index in [0.29, 0.717) is 32.1 Å². The number of hydrogen-bond donors (Lipinski definition) is 4. The fraction of sp³-hybridized carbons (Fsp3) is 0.920. The third kappa shape index (κ3) is 3.59. The summed E-state index contributed by atoms with van der Waals surface area (Å²) in [6.07, 6.45) is -14.8. The number of rotatable bonds is 3. The Morgan fingerprint density at radius 2 is 1.85 bits per heavy atom. The van der Waals surface area contributed by atoms with Crippen LogP contribution in [-0.4, -0.2) is 69.0 Å². The van der Waals surface area contributed by atoms with Crippen molar-refractivity contribution >= 4 is 11.8 Å². The average molecular weight is 472 g/mol. The zero-order valence-corrected chi connectivity index (χ0v) is 19.1. The number of ketones is 1. The maximum atomic E-state index is 12.7. The summed E-state index contributed by atoms with van der Waals surface area (Å²) in [6, 6.07) is 0. The third-order valence-corrected chi connectivity index (χ3v) is 9.56. The van der Waals surface area contributed by atoms with Crippen molar-refractivity contribution in [1.82, 2.24) is 0 Å². The Labute approximate surface area is 201 Å². The number of Topliss-reactive ketones (excluding diaryl/α,β-unsaturated/α-hetero) is 1. The van der Waals surface area contributed by atoms with Crippen LogP contribution in [0.4, 0.5) is 0 Å². The van der Waals surface area contributed by atoms with Crippen molar-refractivity contribution in [3.8, 4) is 0 Å². The predicted octanol–water partition coefficient (Wildman–Crippen LogP) is 1.88. The summed E-state index contributed by atoms with van der Waals surface area (Å²) in [5, 5.41) is 40.0. The van der Waals surface area contributed by atoms with Crippen LogP contribution in [0.25, 0.3) is 0 Å². The molecular formula is C25H38O8. The molecule has 5 aliphatic rings. The second-order valence-corrected chi connectivity index (χ2v) is 11.1. The lowest BCUT2D eigenvalue weighted by Gasteiger charge is -2.60. The lowest BCUT2D eigenvalue weighted by atomic mass is 9.45. The van der Waals surface area contributed by atoms with Crippen LogP contribution in [0.5, 0.6) is 0 Å². The summed E-state index contributed by atoms with van der Waals surface area (Å²) in [6.45, 7) is 3.92. The van der Waals surface area contributed by atoms with Crippen molar-refractivity contribution in [2.75, 3.05) is 0 Å². The minimum Gasteiger partial charge on any atom is -0.479 e. The van der Waals surface area contributed by atoms with E-state index < -0.39 is 66.8 Å². The summed E-state index contributed by atoms with van der Waals surface area (Å²) >= 11 is 0. The molecule has 8 heteroatoms. The maximum Gasteiger partial charge on any atom is 0.335 e. The second-order valence-electron chi connectivity index (χ2n) is 11.1. The molecule has 0 unspecified atom stereocenters. The van der Waals surface area contributed by atoms with Crippen molar-refractivity contribution in [3.05, 3.63) is 0 Å². The molecule has 1 heterocycles. The number of aliphatic carboxylic acids is 1. The minimum absolute atomic E-state index is 0.0372. The van der Waals surface area contributed by atoms with Crippen molar-refractivity contribution in [2.24, 2.45) is 34.5 Å². The highest BCUT2D eigenvalue weighted by Crippen LogP contribution is 2.65. The van der Waals surface area contributed by atoms with Crippen molar-refractivity contribution in [3.63, 3.8) is 0 Å². The van der Waals surface area contributed by atoms with Crippen molar-refractivity contribution < 1.29 is 46.3 Å². The lowest BCUT2D eigenvalue weighted by Crippen LogP contribution is -2.61. The molecule has 4 N–H and O–H groups in total. The topological polar surface area (TPSA) is 134 Å². The van der Waals surface area contributed by atoms with Crippen LogP contribution in [0.15, 0.2) is 0 Å². The van der Waals surface area contributed by atoms with E-state index in [0.717, 1.165) is 6.42 Å². The predicted molar refractivity (Wildman–Crippen MR) is 116 cm³/mol. The Morgan fingerprint density at radius 3 is 2.58 bits per heavy atom. The molecule has 0 aromatic carbocycles. The Hall–Kier alpha value is -1.06. The number of carbonyl (C=O) groups excluding carboxylic acids is 1. The zero-order chi connectivity index (χ0) is 28.2. The van der Waals surface area contributed by atoms with Crippen LogP contribution in [0, 0.1) is 34.5 Å². The monoisotopic (exact) mass is 471 g/mol. The first-order valence-electron chi connectivity index (χ1n) is 14.6. The Morgan fingerprint density at radius 1 is 1.09 bits per heavy atom. The van der Waals surface area contributed by atoms with E-state index in [9.17, 15) is 30.0 Å². The summed E-state index contributed by atoms with van der Waals surface area (Å²) in [5.41, 5.74) is -1.22. The van der Waals surface area contributed by atoms with E-state index in [4.69, 9.17) is 16.3 Å². The van der Waals surface area contributed by atoms with E-state index >= 15 is 0 Å². The molecule has 5 rings (SSSR count). The highest BCUT2D eigenvalue weighted by Gasteiger charge is 2.60. The van der Waals surface area contributed by atoms with Gasteiger partial charge in [0.15, 0.2) is 12.4 Å². The highest BCUT2D eigenvalue weighted by molar-refractivity contribution is 5.87. The molecule has 1 aliphatic heterocycles. The number of fused-ring (bicyclic) bond motifs is 5. The van der Waals surface area contributed by atoms with Gasteiger partial charge in [-0.25, -0.2) is 4.79 Å². The minimum atomic E-state index is -2.92. The van der Waals surface area contributed by atoms with E-state index in [1.807, 2.05) is 13.8 Å². The summed E-state index contributed by atoms with van der Waals surface area (Å²) in [4.78, 5) is 24.2. The summed E-state index contributed by atoms with van der Waals surface area (Å²) < 4.78 is 55.8. The molecule has 12 atom stereocenters. The molecule has 0 spiro atoms. The molecule has 0 aromatic heterocycles. The fourth-order valence-electron chi connectivity index (χ4n) is 7.54. The Balaban J connectivity index is 1.47. The number of ether oxygens (including phenoxy) is 2. The molecule has 0 amide bonds. The molecule has 4 saturated carbocycles. The van der Waals surface area contributed by atoms with Crippen LogP contribution in [-0.2, 0) is 19.1 Å². The van der Waals surface area contributed by atoms with Gasteiger partial charge in [-0.1, -0.05) is 13.8 Å². The van der Waals surface area contributed by atoms with Crippen molar-refractivity contribution in [1.29, 1.82) is 0 Å². The normalized spacial score (nSPS) is 61.8. The van der Waals surface area contributed by atoms with Crippen LogP contribution >= 0.6 is 0 Å². The van der Waals surface area contributed by atoms with Crippen LogP contribution < -0.4 is 0 Å². The smallest absolute Gasteiger partial charge is 0.335 e.